The van der Waals surface area contributed by atoms with Crippen molar-refractivity contribution in [3.05, 3.63) is 320 Å². The summed E-state index contributed by atoms with van der Waals surface area (Å²) < 4.78 is 37.4. The number of halogens is 1. The van der Waals surface area contributed by atoms with E-state index in [4.69, 9.17) is 57.8 Å². The number of hydrogen-bond acceptors (Lipinski definition) is 12. The molecule has 3 aliphatic heterocycles. The van der Waals surface area contributed by atoms with Gasteiger partial charge in [0, 0.05) is 37.9 Å². The largest absolute Gasteiger partial charge is 0.494 e. The predicted octanol–water partition coefficient (Wildman–Crippen LogP) is 23.1. The highest BCUT2D eigenvalue weighted by Gasteiger charge is 2.64. The maximum absolute atomic E-state index is 6.24. The van der Waals surface area contributed by atoms with Crippen molar-refractivity contribution >= 4 is 42.5 Å². The van der Waals surface area contributed by atoms with Gasteiger partial charge in [0.2, 0.25) is 0 Å². The Bertz CT molecular complexity index is 5510. The van der Waals surface area contributed by atoms with Crippen LogP contribution in [0.25, 0.3) is 135 Å². The van der Waals surface area contributed by atoms with Crippen LogP contribution in [-0.2, 0) is 27.9 Å². The topological polar surface area (TPSA) is 133 Å². The molecular weight excluding hydrogens is 1450 g/mol. The van der Waals surface area contributed by atoms with Gasteiger partial charge >= 0.3 is 21.1 Å². The summed E-state index contributed by atoms with van der Waals surface area (Å²) in [5.74, 6) is 3.85. The quantitative estimate of drug-likeness (QED) is 0.0960. The first-order chi connectivity index (χ1) is 53.8. The molecular formula is C96H88B3BrN6O6. The van der Waals surface area contributed by atoms with Gasteiger partial charge in [-0.3, -0.25) is 0 Å². The van der Waals surface area contributed by atoms with Crippen LogP contribution < -0.4 is 5.46 Å². The molecule has 3 aliphatic rings. The Kier molecular flexibility index (Phi) is 21.6. The maximum Gasteiger partial charge on any atom is 0.494 e. The van der Waals surface area contributed by atoms with E-state index in [9.17, 15) is 0 Å². The molecule has 0 unspecified atom stereocenters. The number of rotatable bonds is 14. The SMILES string of the molecule is Brc1ccc(-c2ccc(-c3cccc(-c4nc(-c5ccccc5)nc(-c5ccc(-c6ccccc6)cc5)n4)c3)cc2)cc1.CC1(C)OB(B2OC(C)(C)C(C)(C)O2)OC1(C)C.CC1(C)OB(c2ccc(-c3ccc(-c4cccc(-c5nc(-c6ccccc6)nc(-c6ccc(-c7ccccc7)cc6)n5)c4)cc3)cc2)OC1(C)C. The molecule has 112 heavy (non-hydrogen) atoms. The van der Waals surface area contributed by atoms with Crippen LogP contribution in [0.1, 0.15) is 83.1 Å². The summed E-state index contributed by atoms with van der Waals surface area (Å²) in [6, 6.07) is 109. The molecule has 0 aliphatic carbocycles. The molecule has 0 saturated carbocycles. The molecule has 3 fully saturated rings. The highest BCUT2D eigenvalue weighted by atomic mass is 79.9. The lowest BCUT2D eigenvalue weighted by molar-refractivity contribution is 0.00578. The van der Waals surface area contributed by atoms with E-state index in [1.807, 2.05) is 128 Å². The second-order valence-corrected chi connectivity index (χ2v) is 32.4. The van der Waals surface area contributed by atoms with Gasteiger partial charge in [-0.05, 0) is 180 Å². The van der Waals surface area contributed by atoms with Gasteiger partial charge in [0.15, 0.2) is 34.9 Å². The summed E-state index contributed by atoms with van der Waals surface area (Å²) in [5.41, 5.74) is 18.2. The lowest BCUT2D eigenvalue weighted by Gasteiger charge is -2.32. The van der Waals surface area contributed by atoms with Crippen LogP contribution in [-0.4, -0.2) is 84.6 Å². The third kappa shape index (κ3) is 16.8. The van der Waals surface area contributed by atoms with Crippen LogP contribution in [0, 0.1) is 0 Å². The summed E-state index contributed by atoms with van der Waals surface area (Å²) in [4.78, 5) is 29.7. The smallest absolute Gasteiger partial charge is 0.405 e. The monoisotopic (exact) mass is 1530 g/mol. The Labute approximate surface area is 667 Å². The Morgan fingerprint density at radius 3 is 0.670 bits per heavy atom. The molecule has 12 aromatic carbocycles. The maximum atomic E-state index is 6.24. The minimum Gasteiger partial charge on any atom is -0.405 e. The van der Waals surface area contributed by atoms with Crippen molar-refractivity contribution in [3.63, 3.8) is 0 Å². The molecule has 554 valence electrons. The van der Waals surface area contributed by atoms with Gasteiger partial charge in [-0.15, -0.1) is 0 Å². The molecule has 3 saturated heterocycles. The fraction of sp³-hybridized carbons (Fsp3) is 0.188. The van der Waals surface area contributed by atoms with E-state index in [0.717, 1.165) is 87.8 Å². The molecule has 0 amide bonds. The molecule has 0 bridgehead atoms. The second kappa shape index (κ2) is 31.7. The molecule has 5 heterocycles. The van der Waals surface area contributed by atoms with Crippen molar-refractivity contribution in [1.82, 2.24) is 29.9 Å². The van der Waals surface area contributed by atoms with Crippen LogP contribution in [0.15, 0.2) is 320 Å². The Balaban J connectivity index is 0.000000147. The average molecular weight is 1530 g/mol. The standard InChI is InChI=1S/C45H38BN3O2.C39H26BrN3.C12H24B2O4/c1-44(2)45(3,4)51-46(50-44)40-28-26-34(27-29-40)33-18-20-35(21-19-33)38-16-11-17-39(30-38)43-48-41(36-14-9-6-10-15-36)47-42(49-43)37-24-22-32(23-25-37)31-12-7-5-8-13-31;40-36-24-22-30(23-25-36)29-14-16-31(17-15-29)34-12-7-13-35(26-34)39-42-37(32-10-5-2-6-11-32)41-38(43-39)33-20-18-28(19-21-33)27-8-3-1-4-9-27;1-9(2)10(3,4)16-13(15-9)14-17-11(5,6)12(7,8)18-14/h5-30H,1-4H3;1-26H;1-8H3. The van der Waals surface area contributed by atoms with Crippen LogP contribution in [0.5, 0.6) is 0 Å². The van der Waals surface area contributed by atoms with Crippen molar-refractivity contribution < 1.29 is 27.9 Å². The van der Waals surface area contributed by atoms with Gasteiger partial charge in [-0.2, -0.15) is 0 Å². The van der Waals surface area contributed by atoms with Crippen LogP contribution in [0.3, 0.4) is 0 Å². The first-order valence-electron chi connectivity index (χ1n) is 38.1. The van der Waals surface area contributed by atoms with Gasteiger partial charge in [0.05, 0.1) is 33.6 Å². The average Bonchev–Trinajstić information content (AvgIpc) is 1.59. The molecule has 12 nitrogen and oxygen atoms in total. The molecule has 0 N–H and O–H groups in total. The minimum atomic E-state index is -0.476. The molecule has 0 radical (unpaired) electrons. The van der Waals surface area contributed by atoms with E-state index in [1.54, 1.807) is 0 Å². The lowest BCUT2D eigenvalue weighted by atomic mass is 9.49. The van der Waals surface area contributed by atoms with Crippen molar-refractivity contribution in [2.75, 3.05) is 0 Å². The first-order valence-corrected chi connectivity index (χ1v) is 38.9. The van der Waals surface area contributed by atoms with Gasteiger partial charge in [-0.1, -0.05) is 307 Å². The first kappa shape index (κ1) is 76.5. The number of nitrogens with zero attached hydrogens (tertiary/aromatic N) is 6. The van der Waals surface area contributed by atoms with Gasteiger partial charge in [0.25, 0.3) is 0 Å². The predicted molar refractivity (Wildman–Crippen MR) is 460 cm³/mol. The zero-order valence-electron chi connectivity index (χ0n) is 65.3. The van der Waals surface area contributed by atoms with Crippen LogP contribution in [0.4, 0.5) is 0 Å². The van der Waals surface area contributed by atoms with E-state index in [0.29, 0.717) is 34.9 Å². The number of benzene rings is 12. The fourth-order valence-corrected chi connectivity index (χ4v) is 13.7. The fourth-order valence-electron chi connectivity index (χ4n) is 13.4. The van der Waals surface area contributed by atoms with E-state index in [2.05, 4.69) is 286 Å². The summed E-state index contributed by atoms with van der Waals surface area (Å²) in [7, 11) is -1.32. The zero-order chi connectivity index (χ0) is 78.0. The molecule has 0 atom stereocenters. The van der Waals surface area contributed by atoms with Gasteiger partial charge < -0.3 is 27.9 Å². The van der Waals surface area contributed by atoms with Gasteiger partial charge in [-0.25, -0.2) is 29.9 Å². The number of hydrogen-bond donors (Lipinski definition) is 0. The van der Waals surface area contributed by atoms with E-state index in [1.165, 1.54) is 22.3 Å². The Hall–Kier alpha value is -10.9. The molecule has 0 spiro atoms. The Morgan fingerprint density at radius 2 is 0.384 bits per heavy atom. The molecule has 2 aromatic heterocycles. The Morgan fingerprint density at radius 1 is 0.196 bits per heavy atom. The van der Waals surface area contributed by atoms with Crippen LogP contribution >= 0.6 is 15.9 Å². The summed E-state index contributed by atoms with van der Waals surface area (Å²) >= 11 is 3.52. The zero-order valence-corrected chi connectivity index (χ0v) is 66.9. The highest BCUT2D eigenvalue weighted by Crippen LogP contribution is 2.44. The third-order valence-electron chi connectivity index (χ3n) is 22.2. The van der Waals surface area contributed by atoms with E-state index < -0.39 is 14.0 Å². The summed E-state index contributed by atoms with van der Waals surface area (Å²) in [6.45, 7) is 24.5. The molecule has 14 aromatic rings. The normalized spacial score (nSPS) is 16.1. The van der Waals surface area contributed by atoms with E-state index >= 15 is 0 Å². The second-order valence-electron chi connectivity index (χ2n) is 31.5. The number of aromatic nitrogens is 6. The van der Waals surface area contributed by atoms with Crippen molar-refractivity contribution in [2.24, 2.45) is 0 Å². The third-order valence-corrected chi connectivity index (χ3v) is 22.8. The van der Waals surface area contributed by atoms with Crippen molar-refractivity contribution in [3.8, 4) is 135 Å². The summed E-state index contributed by atoms with van der Waals surface area (Å²) in [5, 5.41) is 0. The van der Waals surface area contributed by atoms with Crippen molar-refractivity contribution in [2.45, 2.75) is 117 Å². The van der Waals surface area contributed by atoms with Crippen molar-refractivity contribution in [1.29, 1.82) is 0 Å². The lowest BCUT2D eigenvalue weighted by Crippen LogP contribution is -2.41. The summed E-state index contributed by atoms with van der Waals surface area (Å²) in [6.07, 6.45) is 0. The molecule has 16 heteroatoms. The van der Waals surface area contributed by atoms with Crippen LogP contribution in [0.2, 0.25) is 0 Å². The molecule has 17 rings (SSSR count). The minimum absolute atomic E-state index is 0.360. The van der Waals surface area contributed by atoms with Gasteiger partial charge in [0.1, 0.15) is 0 Å². The highest BCUT2D eigenvalue weighted by molar-refractivity contribution is 9.10. The van der Waals surface area contributed by atoms with E-state index in [-0.39, 0.29) is 40.7 Å².